The third kappa shape index (κ3) is 3.65. The van der Waals surface area contributed by atoms with Crippen LogP contribution in [0.5, 0.6) is 5.75 Å². The van der Waals surface area contributed by atoms with Crippen molar-refractivity contribution in [2.75, 3.05) is 0 Å². The molecule has 0 aliphatic carbocycles. The van der Waals surface area contributed by atoms with E-state index in [1.165, 1.54) is 6.92 Å². The Morgan fingerprint density at radius 1 is 1.32 bits per heavy atom. The first-order chi connectivity index (χ1) is 8.66. The summed E-state index contributed by atoms with van der Waals surface area (Å²) in [6, 6.07) is 1.57. The number of alkyl halides is 5. The van der Waals surface area contributed by atoms with Crippen molar-refractivity contribution in [2.45, 2.75) is 33.1 Å². The SMILES string of the molecule is CCc1cc(OC(F)F)cc(C(C)=O)c1C(F)(F)F. The van der Waals surface area contributed by atoms with Gasteiger partial charge in [-0.15, -0.1) is 0 Å². The molecule has 1 aromatic carbocycles. The van der Waals surface area contributed by atoms with Crippen molar-refractivity contribution in [1.82, 2.24) is 0 Å². The summed E-state index contributed by atoms with van der Waals surface area (Å²) in [6.45, 7) is -0.794. The third-order valence-electron chi connectivity index (χ3n) is 2.46. The van der Waals surface area contributed by atoms with Crippen molar-refractivity contribution in [3.05, 3.63) is 28.8 Å². The second-order valence-electron chi connectivity index (χ2n) is 3.79. The van der Waals surface area contributed by atoms with Crippen LogP contribution >= 0.6 is 0 Å². The highest BCUT2D eigenvalue weighted by atomic mass is 19.4. The Morgan fingerprint density at radius 2 is 1.89 bits per heavy atom. The van der Waals surface area contributed by atoms with Crippen molar-refractivity contribution in [3.8, 4) is 5.75 Å². The zero-order valence-corrected chi connectivity index (χ0v) is 10.1. The van der Waals surface area contributed by atoms with Crippen molar-refractivity contribution in [1.29, 1.82) is 0 Å². The summed E-state index contributed by atoms with van der Waals surface area (Å²) < 4.78 is 67.0. The van der Waals surface area contributed by atoms with Crippen LogP contribution in [0.4, 0.5) is 22.0 Å². The summed E-state index contributed by atoms with van der Waals surface area (Å²) in [5.41, 5.74) is -2.01. The second-order valence-corrected chi connectivity index (χ2v) is 3.79. The number of carbonyl (C=O) groups excluding carboxylic acids is 1. The molecule has 0 aliphatic rings. The predicted molar refractivity (Wildman–Crippen MR) is 57.5 cm³/mol. The van der Waals surface area contributed by atoms with Gasteiger partial charge < -0.3 is 4.74 Å². The van der Waals surface area contributed by atoms with Gasteiger partial charge in [0.1, 0.15) is 5.75 Å². The van der Waals surface area contributed by atoms with Crippen LogP contribution in [0, 0.1) is 0 Å². The molecule has 0 saturated heterocycles. The molecule has 0 saturated carbocycles. The van der Waals surface area contributed by atoms with Gasteiger partial charge in [-0.25, -0.2) is 0 Å². The Bertz CT molecular complexity index is 480. The summed E-state index contributed by atoms with van der Waals surface area (Å²) in [4.78, 5) is 11.3. The predicted octanol–water partition coefficient (Wildman–Crippen LogP) is 4.07. The van der Waals surface area contributed by atoms with Gasteiger partial charge in [0.05, 0.1) is 5.56 Å². The summed E-state index contributed by atoms with van der Waals surface area (Å²) in [7, 11) is 0. The average molecular weight is 282 g/mol. The molecule has 0 bridgehead atoms. The molecule has 7 heteroatoms. The molecular formula is C12H11F5O2. The first-order valence-corrected chi connectivity index (χ1v) is 5.36. The maximum Gasteiger partial charge on any atom is 0.417 e. The molecule has 2 nitrogen and oxygen atoms in total. The van der Waals surface area contributed by atoms with Crippen molar-refractivity contribution in [3.63, 3.8) is 0 Å². The number of hydrogen-bond acceptors (Lipinski definition) is 2. The molecule has 0 fully saturated rings. The zero-order valence-electron chi connectivity index (χ0n) is 10.1. The van der Waals surface area contributed by atoms with E-state index >= 15 is 0 Å². The van der Waals surface area contributed by atoms with Gasteiger partial charge >= 0.3 is 12.8 Å². The van der Waals surface area contributed by atoms with Crippen LogP contribution in [-0.4, -0.2) is 12.4 Å². The first-order valence-electron chi connectivity index (χ1n) is 5.36. The normalized spacial score (nSPS) is 11.8. The number of ether oxygens (including phenoxy) is 1. The van der Waals surface area contributed by atoms with Gasteiger partial charge in [0.15, 0.2) is 5.78 Å². The van der Waals surface area contributed by atoms with E-state index in [-0.39, 0.29) is 12.0 Å². The maximum atomic E-state index is 12.9. The molecule has 0 radical (unpaired) electrons. The molecule has 0 N–H and O–H groups in total. The quantitative estimate of drug-likeness (QED) is 0.614. The molecule has 0 atom stereocenters. The van der Waals surface area contributed by atoms with Crippen LogP contribution in [0.1, 0.15) is 35.3 Å². The second kappa shape index (κ2) is 5.54. The van der Waals surface area contributed by atoms with E-state index < -0.39 is 35.4 Å². The molecule has 1 rings (SSSR count). The van der Waals surface area contributed by atoms with E-state index in [9.17, 15) is 26.7 Å². The number of halogens is 5. The molecule has 1 aromatic rings. The Balaban J connectivity index is 3.49. The highest BCUT2D eigenvalue weighted by Crippen LogP contribution is 2.37. The number of Topliss-reactive ketones (excluding diaryl/α,β-unsaturated/α-hetero) is 1. The topological polar surface area (TPSA) is 26.3 Å². The third-order valence-corrected chi connectivity index (χ3v) is 2.46. The van der Waals surface area contributed by atoms with Gasteiger partial charge in [-0.05, 0) is 31.0 Å². The standard InChI is InChI=1S/C12H11F5O2/c1-3-7-4-8(19-11(13)14)5-9(6(2)18)10(7)12(15,16)17/h4-5,11H,3H2,1-2H3. The van der Waals surface area contributed by atoms with Gasteiger partial charge in [0.25, 0.3) is 0 Å². The van der Waals surface area contributed by atoms with Crippen LogP contribution in [0.15, 0.2) is 12.1 Å². The molecule has 0 heterocycles. The zero-order chi connectivity index (χ0) is 14.8. The maximum absolute atomic E-state index is 12.9. The number of benzene rings is 1. The smallest absolute Gasteiger partial charge is 0.417 e. The van der Waals surface area contributed by atoms with Gasteiger partial charge in [0.2, 0.25) is 0 Å². The summed E-state index contributed by atoms with van der Waals surface area (Å²) >= 11 is 0. The highest BCUT2D eigenvalue weighted by Gasteiger charge is 2.37. The highest BCUT2D eigenvalue weighted by molar-refractivity contribution is 5.96. The fourth-order valence-electron chi connectivity index (χ4n) is 1.74. The van der Waals surface area contributed by atoms with Crippen LogP contribution in [0.3, 0.4) is 0 Å². The van der Waals surface area contributed by atoms with E-state index in [1.807, 2.05) is 0 Å². The van der Waals surface area contributed by atoms with Gasteiger partial charge in [-0.3, -0.25) is 4.79 Å². The van der Waals surface area contributed by atoms with E-state index in [2.05, 4.69) is 4.74 Å². The van der Waals surface area contributed by atoms with Crippen LogP contribution in [-0.2, 0) is 12.6 Å². The monoisotopic (exact) mass is 282 g/mol. The minimum Gasteiger partial charge on any atom is -0.435 e. The van der Waals surface area contributed by atoms with E-state index in [1.54, 1.807) is 0 Å². The van der Waals surface area contributed by atoms with Gasteiger partial charge in [-0.1, -0.05) is 6.92 Å². The van der Waals surface area contributed by atoms with Crippen LogP contribution in [0.25, 0.3) is 0 Å². The number of aryl methyl sites for hydroxylation is 1. The van der Waals surface area contributed by atoms with Crippen molar-refractivity contribution in [2.24, 2.45) is 0 Å². The number of rotatable bonds is 4. The molecule has 0 spiro atoms. The Hall–Kier alpha value is -1.66. The molecule has 0 aromatic heterocycles. The minimum atomic E-state index is -4.73. The Labute approximate surface area is 106 Å². The lowest BCUT2D eigenvalue weighted by Gasteiger charge is -2.17. The largest absolute Gasteiger partial charge is 0.435 e. The van der Waals surface area contributed by atoms with Gasteiger partial charge in [-0.2, -0.15) is 22.0 Å². The average Bonchev–Trinajstić information content (AvgIpc) is 2.25. The van der Waals surface area contributed by atoms with Crippen molar-refractivity contribution >= 4 is 5.78 Å². The lowest BCUT2D eigenvalue weighted by molar-refractivity contribution is -0.138. The van der Waals surface area contributed by atoms with E-state index in [0.717, 1.165) is 13.0 Å². The molecule has 0 unspecified atom stereocenters. The lowest BCUT2D eigenvalue weighted by atomic mass is 9.96. The molecular weight excluding hydrogens is 271 g/mol. The molecule has 0 amide bonds. The van der Waals surface area contributed by atoms with E-state index in [4.69, 9.17) is 0 Å². The van der Waals surface area contributed by atoms with Gasteiger partial charge in [0, 0.05) is 5.56 Å². The summed E-state index contributed by atoms with van der Waals surface area (Å²) in [5, 5.41) is 0. The number of ketones is 1. The molecule has 0 aliphatic heterocycles. The Morgan fingerprint density at radius 3 is 2.26 bits per heavy atom. The minimum absolute atomic E-state index is 0.0600. The first kappa shape index (κ1) is 15.4. The van der Waals surface area contributed by atoms with Crippen molar-refractivity contribution < 1.29 is 31.5 Å². The molecule has 106 valence electrons. The fourth-order valence-corrected chi connectivity index (χ4v) is 1.74. The fraction of sp³-hybridized carbons (Fsp3) is 0.417. The Kier molecular flexibility index (Phi) is 4.49. The summed E-state index contributed by atoms with van der Waals surface area (Å²) in [6.07, 6.45) is -4.79. The summed E-state index contributed by atoms with van der Waals surface area (Å²) in [5.74, 6) is -1.31. The van der Waals surface area contributed by atoms with Crippen LogP contribution in [0.2, 0.25) is 0 Å². The number of carbonyl (C=O) groups is 1. The van der Waals surface area contributed by atoms with Crippen LogP contribution < -0.4 is 4.74 Å². The lowest BCUT2D eigenvalue weighted by Crippen LogP contribution is -2.16. The molecule has 19 heavy (non-hydrogen) atoms. The number of hydrogen-bond donors (Lipinski definition) is 0. The van der Waals surface area contributed by atoms with E-state index in [0.29, 0.717) is 6.07 Å².